The van der Waals surface area contributed by atoms with Crippen LogP contribution in [0.2, 0.25) is 0 Å². The number of nitrogens with one attached hydrogen (secondary N) is 2. The van der Waals surface area contributed by atoms with Gasteiger partial charge in [0, 0.05) is 31.9 Å². The lowest BCUT2D eigenvalue weighted by molar-refractivity contribution is -0.144. The second-order valence-corrected chi connectivity index (χ2v) is 6.03. The third-order valence-corrected chi connectivity index (χ3v) is 4.04. The van der Waals surface area contributed by atoms with Gasteiger partial charge in [-0.3, -0.25) is 9.79 Å². The van der Waals surface area contributed by atoms with Gasteiger partial charge in [-0.25, -0.2) is 9.37 Å². The first-order valence-corrected chi connectivity index (χ1v) is 8.53. The maximum Gasteiger partial charge on any atom is 0.310 e. The van der Waals surface area contributed by atoms with Crippen LogP contribution in [-0.4, -0.2) is 56.2 Å². The minimum atomic E-state index is -0.310. The molecule has 138 valence electrons. The van der Waals surface area contributed by atoms with Gasteiger partial charge in [0.05, 0.1) is 19.6 Å². The Labute approximate surface area is 147 Å². The molecule has 0 aliphatic carbocycles. The number of aliphatic imine (C=N–C) groups is 1. The number of hydrogen-bond acceptors (Lipinski definition) is 5. The van der Waals surface area contributed by atoms with Crippen molar-refractivity contribution in [3.8, 4) is 0 Å². The summed E-state index contributed by atoms with van der Waals surface area (Å²) in [5.74, 6) is 0.135. The first-order chi connectivity index (χ1) is 12.0. The second-order valence-electron chi connectivity index (χ2n) is 6.03. The van der Waals surface area contributed by atoms with E-state index in [1.54, 1.807) is 19.2 Å². The first kappa shape index (κ1) is 19.0. The van der Waals surface area contributed by atoms with Crippen LogP contribution >= 0.6 is 0 Å². The Morgan fingerprint density at radius 1 is 1.60 bits per heavy atom. The molecule has 0 saturated carbocycles. The van der Waals surface area contributed by atoms with E-state index >= 15 is 0 Å². The van der Waals surface area contributed by atoms with Crippen molar-refractivity contribution in [2.75, 3.05) is 38.2 Å². The fraction of sp³-hybridized carbons (Fsp3) is 0.588. The van der Waals surface area contributed by atoms with E-state index in [1.807, 2.05) is 11.8 Å². The zero-order chi connectivity index (χ0) is 18.2. The van der Waals surface area contributed by atoms with E-state index < -0.39 is 0 Å². The molecule has 1 fully saturated rings. The monoisotopic (exact) mass is 351 g/mol. The molecule has 2 rings (SSSR count). The number of rotatable bonds is 6. The molecule has 1 aliphatic rings. The number of hydrogen-bond donors (Lipinski definition) is 2. The number of methoxy groups -OCH3 is 1. The molecule has 0 aromatic carbocycles. The van der Waals surface area contributed by atoms with E-state index in [2.05, 4.69) is 20.6 Å². The molecule has 0 bridgehead atoms. The number of esters is 1. The Hall–Kier alpha value is -2.38. The Balaban J connectivity index is 1.94. The molecule has 2 heterocycles. The van der Waals surface area contributed by atoms with Gasteiger partial charge in [0.15, 0.2) is 17.6 Å². The van der Waals surface area contributed by atoms with Gasteiger partial charge < -0.3 is 20.3 Å². The number of pyridine rings is 1. The van der Waals surface area contributed by atoms with E-state index in [4.69, 9.17) is 4.74 Å². The lowest BCUT2D eigenvalue weighted by Gasteiger charge is -2.20. The van der Waals surface area contributed by atoms with Gasteiger partial charge in [-0.05, 0) is 25.5 Å². The average Bonchev–Trinajstić information content (AvgIpc) is 3.07. The first-order valence-electron chi connectivity index (χ1n) is 8.53. The van der Waals surface area contributed by atoms with Gasteiger partial charge in [-0.2, -0.15) is 0 Å². The van der Waals surface area contributed by atoms with Gasteiger partial charge >= 0.3 is 5.97 Å². The molecule has 2 unspecified atom stereocenters. The summed E-state index contributed by atoms with van der Waals surface area (Å²) in [7, 11) is 1.37. The lowest BCUT2D eigenvalue weighted by atomic mass is 10.2. The Morgan fingerprint density at radius 2 is 2.40 bits per heavy atom. The number of nitrogens with zero attached hydrogens (tertiary/aromatic N) is 3. The number of guanidine groups is 1. The van der Waals surface area contributed by atoms with Crippen LogP contribution in [0.1, 0.15) is 20.3 Å². The van der Waals surface area contributed by atoms with E-state index in [-0.39, 0.29) is 23.7 Å². The highest BCUT2D eigenvalue weighted by atomic mass is 19.1. The smallest absolute Gasteiger partial charge is 0.310 e. The van der Waals surface area contributed by atoms with Crippen molar-refractivity contribution >= 4 is 17.7 Å². The van der Waals surface area contributed by atoms with Crippen LogP contribution in [-0.2, 0) is 9.53 Å². The summed E-state index contributed by atoms with van der Waals surface area (Å²) in [5.41, 5.74) is 0. The van der Waals surface area contributed by atoms with Crippen LogP contribution in [0.5, 0.6) is 0 Å². The molecule has 2 atom stereocenters. The van der Waals surface area contributed by atoms with E-state index in [1.165, 1.54) is 13.2 Å². The van der Waals surface area contributed by atoms with E-state index in [0.29, 0.717) is 31.4 Å². The van der Waals surface area contributed by atoms with Crippen LogP contribution in [0.25, 0.3) is 0 Å². The van der Waals surface area contributed by atoms with Crippen molar-refractivity contribution in [3.63, 3.8) is 0 Å². The van der Waals surface area contributed by atoms with Crippen molar-refractivity contribution in [2.24, 2.45) is 10.9 Å². The molecular formula is C17H26FN5O2. The van der Waals surface area contributed by atoms with Gasteiger partial charge in [-0.15, -0.1) is 0 Å². The summed E-state index contributed by atoms with van der Waals surface area (Å²) in [4.78, 5) is 22.0. The van der Waals surface area contributed by atoms with Crippen molar-refractivity contribution in [3.05, 3.63) is 24.1 Å². The summed E-state index contributed by atoms with van der Waals surface area (Å²) in [6, 6.07) is 3.14. The zero-order valence-corrected chi connectivity index (χ0v) is 15.0. The van der Waals surface area contributed by atoms with Crippen molar-refractivity contribution in [1.82, 2.24) is 15.6 Å². The molecule has 7 nitrogen and oxygen atoms in total. The summed E-state index contributed by atoms with van der Waals surface area (Å²) in [6.45, 7) is 6.18. The number of ether oxygens (including phenoxy) is 1. The topological polar surface area (TPSA) is 78.8 Å². The van der Waals surface area contributed by atoms with Gasteiger partial charge in [0.25, 0.3) is 0 Å². The fourth-order valence-electron chi connectivity index (χ4n) is 2.70. The highest BCUT2D eigenvalue weighted by molar-refractivity contribution is 5.81. The highest BCUT2D eigenvalue weighted by Gasteiger charge is 2.26. The maximum absolute atomic E-state index is 13.9. The molecular weight excluding hydrogens is 325 g/mol. The van der Waals surface area contributed by atoms with Crippen molar-refractivity contribution in [1.29, 1.82) is 0 Å². The van der Waals surface area contributed by atoms with Crippen LogP contribution < -0.4 is 15.5 Å². The summed E-state index contributed by atoms with van der Waals surface area (Å²) < 4.78 is 18.6. The Morgan fingerprint density at radius 3 is 3.08 bits per heavy atom. The number of halogens is 1. The number of carbonyl (C=O) groups is 1. The van der Waals surface area contributed by atoms with Crippen molar-refractivity contribution in [2.45, 2.75) is 26.3 Å². The molecule has 25 heavy (non-hydrogen) atoms. The van der Waals surface area contributed by atoms with Crippen LogP contribution in [0.15, 0.2) is 23.3 Å². The number of anilines is 1. The van der Waals surface area contributed by atoms with Crippen LogP contribution in [0.3, 0.4) is 0 Å². The predicted molar refractivity (Wildman–Crippen MR) is 95.1 cm³/mol. The quantitative estimate of drug-likeness (QED) is 0.455. The standard InChI is InChI=1S/C17H26FN5O2/c1-4-19-17(21-10-12(2)16(24)25-3)22-13-7-9-23(11-13)15-14(18)6-5-8-20-15/h5-6,8,12-13H,4,7,9-11H2,1-3H3,(H2,19,21,22). The van der Waals surface area contributed by atoms with Gasteiger partial charge in [0.2, 0.25) is 0 Å². The minimum Gasteiger partial charge on any atom is -0.469 e. The molecule has 1 aromatic rings. The fourth-order valence-corrected chi connectivity index (χ4v) is 2.70. The van der Waals surface area contributed by atoms with Gasteiger partial charge in [-0.1, -0.05) is 6.92 Å². The van der Waals surface area contributed by atoms with E-state index in [0.717, 1.165) is 13.0 Å². The average molecular weight is 351 g/mol. The van der Waals surface area contributed by atoms with Crippen molar-refractivity contribution < 1.29 is 13.9 Å². The highest BCUT2D eigenvalue weighted by Crippen LogP contribution is 2.20. The Kier molecular flexibility index (Phi) is 6.97. The maximum atomic E-state index is 13.9. The minimum absolute atomic E-state index is 0.132. The largest absolute Gasteiger partial charge is 0.469 e. The number of carbonyl (C=O) groups excluding carboxylic acids is 1. The SMILES string of the molecule is CCNC(=NCC(C)C(=O)OC)NC1CCN(c2ncccc2F)C1. The molecule has 1 aliphatic heterocycles. The third kappa shape index (κ3) is 5.30. The molecule has 2 N–H and O–H groups in total. The predicted octanol–water partition coefficient (Wildman–Crippen LogP) is 1.16. The van der Waals surface area contributed by atoms with E-state index in [9.17, 15) is 9.18 Å². The second kappa shape index (κ2) is 9.19. The Bertz CT molecular complexity index is 610. The molecule has 0 spiro atoms. The number of aromatic nitrogens is 1. The summed E-state index contributed by atoms with van der Waals surface area (Å²) >= 11 is 0. The lowest BCUT2D eigenvalue weighted by Crippen LogP contribution is -2.45. The van der Waals surface area contributed by atoms with Crippen LogP contribution in [0.4, 0.5) is 10.2 Å². The molecule has 1 saturated heterocycles. The normalized spacial score (nSPS) is 18.8. The molecule has 1 aromatic heterocycles. The summed E-state index contributed by atoms with van der Waals surface area (Å²) in [6.07, 6.45) is 2.45. The third-order valence-electron chi connectivity index (χ3n) is 4.04. The van der Waals surface area contributed by atoms with Crippen LogP contribution in [0, 0.1) is 11.7 Å². The summed E-state index contributed by atoms with van der Waals surface area (Å²) in [5, 5.41) is 6.51. The molecule has 0 amide bonds. The molecule has 8 heteroatoms. The zero-order valence-electron chi connectivity index (χ0n) is 15.0. The van der Waals surface area contributed by atoms with Gasteiger partial charge in [0.1, 0.15) is 0 Å². The molecule has 0 radical (unpaired) electrons.